The van der Waals surface area contributed by atoms with Gasteiger partial charge < -0.3 is 35.2 Å². The van der Waals surface area contributed by atoms with Gasteiger partial charge in [-0.2, -0.15) is 0 Å². The Bertz CT molecular complexity index is 2020. The van der Waals surface area contributed by atoms with Crippen LogP contribution in [-0.4, -0.2) is 80.2 Å². The number of hydrogen-bond donors (Lipinski definition) is 5. The first-order valence-electron chi connectivity index (χ1n) is 19.7. The molecule has 3 aromatic rings. The van der Waals surface area contributed by atoms with Crippen LogP contribution in [0, 0.1) is 28.1 Å². The van der Waals surface area contributed by atoms with E-state index in [1.54, 1.807) is 133 Å². The Balaban J connectivity index is 1.47. The lowest BCUT2D eigenvalue weighted by Gasteiger charge is -2.65. The van der Waals surface area contributed by atoms with Crippen LogP contribution in [0.4, 0.5) is 0 Å². The summed E-state index contributed by atoms with van der Waals surface area (Å²) in [7, 11) is 0. The fourth-order valence-electron chi connectivity index (χ4n) is 10.3. The van der Waals surface area contributed by atoms with Gasteiger partial charge in [0.2, 0.25) is 0 Å². The monoisotopic (exact) mass is 781 g/mol. The SMILES string of the molecule is CC[C@@]1(C)C2[C@H](OC(=O)c3ccccc3)[C@]3(O)C[C@H](OC(=O)[C@H](O)[C@@H](NC(=O)c4ccccc4)c4ccccc4)C(C)=C([C@@H](C)C(=O)[C@]2(C)[C@@H](O)C[C@H]1O)C3(C)C. The summed E-state index contributed by atoms with van der Waals surface area (Å²) in [5, 5.41) is 51.5. The van der Waals surface area contributed by atoms with Crippen LogP contribution >= 0.6 is 0 Å². The van der Waals surface area contributed by atoms with Gasteiger partial charge in [-0.1, -0.05) is 101 Å². The summed E-state index contributed by atoms with van der Waals surface area (Å²) in [5.41, 5.74) is -4.25. The van der Waals surface area contributed by atoms with Gasteiger partial charge in [0.1, 0.15) is 23.6 Å². The summed E-state index contributed by atoms with van der Waals surface area (Å²) >= 11 is 0. The fourth-order valence-corrected chi connectivity index (χ4v) is 10.3. The van der Waals surface area contributed by atoms with Crippen molar-refractivity contribution in [2.75, 3.05) is 0 Å². The van der Waals surface area contributed by atoms with E-state index in [0.717, 1.165) is 0 Å². The molecule has 5 N–H and O–H groups in total. The second kappa shape index (κ2) is 15.6. The van der Waals surface area contributed by atoms with Crippen molar-refractivity contribution in [2.24, 2.45) is 28.1 Å². The molecule has 57 heavy (non-hydrogen) atoms. The molecule has 1 amide bonds. The Kier molecular flexibility index (Phi) is 11.5. The predicted octanol–water partition coefficient (Wildman–Crippen LogP) is 5.52. The summed E-state index contributed by atoms with van der Waals surface area (Å²) in [5.74, 6) is -4.80. The molecule has 11 nitrogen and oxygen atoms in total. The van der Waals surface area contributed by atoms with E-state index in [4.69, 9.17) is 9.47 Å². The molecule has 3 aliphatic carbocycles. The minimum atomic E-state index is -2.07. The number of aliphatic hydroxyl groups excluding tert-OH is 3. The molecule has 2 fully saturated rings. The molecular weight excluding hydrogens is 727 g/mol. The van der Waals surface area contributed by atoms with Gasteiger partial charge in [-0.05, 0) is 61.2 Å². The maximum Gasteiger partial charge on any atom is 0.338 e. The average molecular weight is 782 g/mol. The number of hydrogen-bond acceptors (Lipinski definition) is 10. The van der Waals surface area contributed by atoms with Gasteiger partial charge >= 0.3 is 11.9 Å². The molecule has 0 aromatic heterocycles. The van der Waals surface area contributed by atoms with Crippen molar-refractivity contribution in [1.29, 1.82) is 0 Å². The molecular formula is C46H55NO10. The third-order valence-electron chi connectivity index (χ3n) is 13.8. The summed E-state index contributed by atoms with van der Waals surface area (Å²) in [6.45, 7) is 12.2. The van der Waals surface area contributed by atoms with Crippen LogP contribution in [0.5, 0.6) is 0 Å². The lowest BCUT2D eigenvalue weighted by atomic mass is 9.42. The third kappa shape index (κ3) is 6.92. The van der Waals surface area contributed by atoms with Crippen LogP contribution in [0.1, 0.15) is 100 Å². The summed E-state index contributed by atoms with van der Waals surface area (Å²) in [6.07, 6.45) is -7.26. The van der Waals surface area contributed by atoms with Crippen molar-refractivity contribution in [3.8, 4) is 0 Å². The highest BCUT2D eigenvalue weighted by atomic mass is 16.6. The molecule has 0 spiro atoms. The maximum atomic E-state index is 15.1. The number of carbonyl (C=O) groups is 4. The maximum absolute atomic E-state index is 15.1. The van der Waals surface area contributed by atoms with E-state index in [0.29, 0.717) is 28.7 Å². The molecule has 11 heteroatoms. The highest BCUT2D eigenvalue weighted by Gasteiger charge is 2.72. The first-order valence-corrected chi connectivity index (χ1v) is 19.7. The van der Waals surface area contributed by atoms with Gasteiger partial charge in [-0.3, -0.25) is 9.59 Å². The summed E-state index contributed by atoms with van der Waals surface area (Å²) < 4.78 is 12.6. The topological polar surface area (TPSA) is 180 Å². The summed E-state index contributed by atoms with van der Waals surface area (Å²) in [4.78, 5) is 56.8. The van der Waals surface area contributed by atoms with Gasteiger partial charge in [0, 0.05) is 41.1 Å². The zero-order valence-electron chi connectivity index (χ0n) is 33.6. The molecule has 1 unspecified atom stereocenters. The van der Waals surface area contributed by atoms with Crippen LogP contribution in [0.2, 0.25) is 0 Å². The Morgan fingerprint density at radius 1 is 0.842 bits per heavy atom. The number of fused-ring (bicyclic) bond motifs is 3. The minimum Gasteiger partial charge on any atom is -0.456 e. The standard InChI is InChI=1S/C46H55NO10/c1-8-44(6)32(48)24-33(49)45(7)37(44)39(57-41(53)30-22-16-11-17-23-30)46(55)25-31(26(2)34(43(46,4)5)27(3)38(45)51)56-42(54)36(50)35(28-18-12-9-13-19-28)47-40(52)29-20-14-10-15-21-29/h9-23,27,31-33,35-37,39,48-50,55H,8,24-25H2,1-7H3,(H,47,52)/t27-,31+,32-,33+,35+,36-,37?,39+,44-,45-,46-/m1/s1. The molecule has 3 aromatic carbocycles. The number of amides is 1. The van der Waals surface area contributed by atoms with Crippen molar-refractivity contribution >= 4 is 23.6 Å². The normalized spacial score (nSPS) is 33.1. The van der Waals surface area contributed by atoms with Crippen LogP contribution in [0.3, 0.4) is 0 Å². The zero-order valence-corrected chi connectivity index (χ0v) is 33.6. The van der Waals surface area contributed by atoms with Gasteiger partial charge in [-0.15, -0.1) is 0 Å². The second-order valence-corrected chi connectivity index (χ2v) is 17.1. The molecule has 0 radical (unpaired) electrons. The highest BCUT2D eigenvalue weighted by Crippen LogP contribution is 2.65. The van der Waals surface area contributed by atoms with Crippen molar-refractivity contribution < 1.29 is 49.1 Å². The van der Waals surface area contributed by atoms with Gasteiger partial charge in [0.25, 0.3) is 5.91 Å². The molecule has 0 heterocycles. The molecule has 3 aliphatic rings. The van der Waals surface area contributed by atoms with Gasteiger partial charge in [-0.25, -0.2) is 9.59 Å². The van der Waals surface area contributed by atoms with Crippen LogP contribution in [0.15, 0.2) is 102 Å². The first kappa shape index (κ1) is 41.9. The van der Waals surface area contributed by atoms with Crippen LogP contribution in [-0.2, 0) is 19.1 Å². The number of ketones is 1. The molecule has 6 rings (SSSR count). The van der Waals surface area contributed by atoms with E-state index in [1.807, 2.05) is 6.92 Å². The molecule has 0 saturated heterocycles. The largest absolute Gasteiger partial charge is 0.456 e. The highest BCUT2D eigenvalue weighted by molar-refractivity contribution is 5.95. The number of aliphatic hydroxyl groups is 4. The van der Waals surface area contributed by atoms with E-state index >= 15 is 4.79 Å². The smallest absolute Gasteiger partial charge is 0.338 e. The van der Waals surface area contributed by atoms with Crippen molar-refractivity contribution in [1.82, 2.24) is 5.32 Å². The third-order valence-corrected chi connectivity index (χ3v) is 13.8. The number of benzene rings is 3. The molecule has 0 aliphatic heterocycles. The molecule has 11 atom stereocenters. The number of nitrogens with one attached hydrogen (secondary N) is 1. The minimum absolute atomic E-state index is 0.101. The van der Waals surface area contributed by atoms with E-state index in [2.05, 4.69) is 5.32 Å². The van der Waals surface area contributed by atoms with Crippen molar-refractivity contribution in [2.45, 2.75) is 110 Å². The van der Waals surface area contributed by atoms with Crippen LogP contribution < -0.4 is 5.32 Å². The fraction of sp³-hybridized carbons (Fsp3) is 0.478. The number of ether oxygens (including phenoxy) is 2. The molecule has 2 bridgehead atoms. The summed E-state index contributed by atoms with van der Waals surface area (Å²) in [6, 6.07) is 23.9. The van der Waals surface area contributed by atoms with E-state index < -0.39 is 88.1 Å². The number of Topliss-reactive ketones (excluding diaryl/α,β-unsaturated/α-hetero) is 1. The number of rotatable bonds is 9. The quantitative estimate of drug-likeness (QED) is 0.137. The molecule has 304 valence electrons. The predicted molar refractivity (Wildman–Crippen MR) is 211 cm³/mol. The second-order valence-electron chi connectivity index (χ2n) is 17.1. The Morgan fingerprint density at radius 2 is 1.39 bits per heavy atom. The van der Waals surface area contributed by atoms with Crippen LogP contribution in [0.25, 0.3) is 0 Å². The molecule has 2 saturated carbocycles. The van der Waals surface area contributed by atoms with Gasteiger partial charge in [0.15, 0.2) is 6.10 Å². The van der Waals surface area contributed by atoms with Gasteiger partial charge in [0.05, 0.1) is 29.2 Å². The van der Waals surface area contributed by atoms with Crippen molar-refractivity contribution in [3.05, 3.63) is 119 Å². The lowest BCUT2D eigenvalue weighted by molar-refractivity contribution is -0.256. The Morgan fingerprint density at radius 3 is 1.95 bits per heavy atom. The van der Waals surface area contributed by atoms with Crippen molar-refractivity contribution in [3.63, 3.8) is 0 Å². The first-order chi connectivity index (χ1) is 26.8. The van der Waals surface area contributed by atoms with E-state index in [-0.39, 0.29) is 24.2 Å². The van der Waals surface area contributed by atoms with E-state index in [9.17, 15) is 34.8 Å². The number of carbonyl (C=O) groups excluding carboxylic acids is 4. The Labute approximate surface area is 334 Å². The number of esters is 2. The van der Waals surface area contributed by atoms with E-state index in [1.165, 1.54) is 0 Å². The average Bonchev–Trinajstić information content (AvgIpc) is 3.20. The Hall–Kier alpha value is -4.68. The zero-order chi connectivity index (χ0) is 41.7. The lowest BCUT2D eigenvalue weighted by Crippen LogP contribution is -2.74.